The van der Waals surface area contributed by atoms with E-state index < -0.39 is 46.7 Å². The zero-order chi connectivity index (χ0) is 22.0. The summed E-state index contributed by atoms with van der Waals surface area (Å²) < 4.78 is 66.6. The van der Waals surface area contributed by atoms with Gasteiger partial charge in [0.05, 0.1) is 11.1 Å². The first kappa shape index (κ1) is 20.6. The second kappa shape index (κ2) is 8.11. The molecule has 0 aliphatic carbocycles. The molecule has 0 aliphatic rings. The lowest BCUT2D eigenvalue weighted by Gasteiger charge is -2.14. The fourth-order valence-electron chi connectivity index (χ4n) is 2.34. The molecule has 0 bridgehead atoms. The Hall–Kier alpha value is -4.08. The molecule has 0 amide bonds. The third-order valence-corrected chi connectivity index (χ3v) is 3.83. The summed E-state index contributed by atoms with van der Waals surface area (Å²) in [6.07, 6.45) is 0. The zero-order valence-corrected chi connectivity index (χ0v) is 14.7. The van der Waals surface area contributed by atoms with Gasteiger partial charge in [-0.25, -0.2) is 14.0 Å². The van der Waals surface area contributed by atoms with Gasteiger partial charge in [-0.1, -0.05) is 0 Å². The molecule has 0 atom stereocenters. The highest BCUT2D eigenvalue weighted by atomic mass is 19.2. The molecule has 0 aliphatic heterocycles. The molecule has 0 spiro atoms. The Balaban J connectivity index is 1.97. The molecule has 0 saturated carbocycles. The SMILES string of the molecule is O=C(O)c1ccc(Oc2c(F)c(F)c(F)c(Oc3ccc(C(=O)O)cc3)c2F)cc1. The molecule has 154 valence electrons. The third-order valence-electron chi connectivity index (χ3n) is 3.83. The van der Waals surface area contributed by atoms with Gasteiger partial charge in [-0.05, 0) is 48.5 Å². The second-order valence-electron chi connectivity index (χ2n) is 5.78. The number of hydrogen-bond donors (Lipinski definition) is 2. The smallest absolute Gasteiger partial charge is 0.335 e. The Morgan fingerprint density at radius 2 is 0.900 bits per heavy atom. The van der Waals surface area contributed by atoms with E-state index in [1.54, 1.807) is 0 Å². The van der Waals surface area contributed by atoms with E-state index in [0.717, 1.165) is 48.5 Å². The van der Waals surface area contributed by atoms with E-state index in [9.17, 15) is 27.2 Å². The highest BCUT2D eigenvalue weighted by Gasteiger charge is 2.29. The van der Waals surface area contributed by atoms with Crippen LogP contribution in [-0.4, -0.2) is 22.2 Å². The number of aromatic carboxylic acids is 2. The molecule has 3 rings (SSSR count). The molecule has 3 aromatic carbocycles. The standard InChI is InChI=1S/C20H10F4O6/c21-13-14(22)17(29-11-5-1-9(2-6-11)19(25)26)16(24)18(15(13)23)30-12-7-3-10(4-8-12)20(27)28/h1-8H,(H,25,26)(H,27,28). The molecule has 30 heavy (non-hydrogen) atoms. The minimum atomic E-state index is -2.06. The molecule has 6 nitrogen and oxygen atoms in total. The van der Waals surface area contributed by atoms with Crippen LogP contribution in [0.25, 0.3) is 0 Å². The average Bonchev–Trinajstić information content (AvgIpc) is 2.73. The zero-order valence-electron chi connectivity index (χ0n) is 14.7. The molecule has 0 unspecified atom stereocenters. The summed E-state index contributed by atoms with van der Waals surface area (Å²) in [6.45, 7) is 0. The molecule has 3 aromatic rings. The van der Waals surface area contributed by atoms with Crippen molar-refractivity contribution >= 4 is 11.9 Å². The van der Waals surface area contributed by atoms with Gasteiger partial charge in [0.2, 0.25) is 34.8 Å². The van der Waals surface area contributed by atoms with Crippen LogP contribution in [0.15, 0.2) is 48.5 Å². The average molecular weight is 422 g/mol. The first-order chi connectivity index (χ1) is 14.2. The van der Waals surface area contributed by atoms with E-state index in [1.165, 1.54) is 0 Å². The van der Waals surface area contributed by atoms with Gasteiger partial charge in [0.1, 0.15) is 11.5 Å². The van der Waals surface area contributed by atoms with Gasteiger partial charge < -0.3 is 19.7 Å². The Morgan fingerprint density at radius 3 is 1.20 bits per heavy atom. The Bertz CT molecular complexity index is 1040. The van der Waals surface area contributed by atoms with Crippen LogP contribution < -0.4 is 9.47 Å². The summed E-state index contributed by atoms with van der Waals surface area (Å²) in [5.41, 5.74) is -0.273. The molecule has 0 radical (unpaired) electrons. The number of hydrogen-bond acceptors (Lipinski definition) is 4. The fraction of sp³-hybridized carbons (Fsp3) is 0. The van der Waals surface area contributed by atoms with Crippen molar-refractivity contribution in [3.63, 3.8) is 0 Å². The molecule has 0 fully saturated rings. The summed E-state index contributed by atoms with van der Waals surface area (Å²) >= 11 is 0. The maximum atomic E-state index is 14.7. The first-order valence-electron chi connectivity index (χ1n) is 8.07. The lowest BCUT2D eigenvalue weighted by atomic mass is 10.2. The summed E-state index contributed by atoms with van der Waals surface area (Å²) in [7, 11) is 0. The fourth-order valence-corrected chi connectivity index (χ4v) is 2.34. The van der Waals surface area contributed by atoms with Crippen LogP contribution >= 0.6 is 0 Å². The molecule has 0 saturated heterocycles. The molecule has 0 heterocycles. The summed E-state index contributed by atoms with van der Waals surface area (Å²) in [4.78, 5) is 21.7. The van der Waals surface area contributed by atoms with Gasteiger partial charge >= 0.3 is 11.9 Å². The van der Waals surface area contributed by atoms with Crippen LogP contribution in [0.2, 0.25) is 0 Å². The van der Waals surface area contributed by atoms with Gasteiger partial charge in [0.25, 0.3) is 0 Å². The predicted molar refractivity (Wildman–Crippen MR) is 93.2 cm³/mol. The Morgan fingerprint density at radius 1 is 0.567 bits per heavy atom. The van der Waals surface area contributed by atoms with Crippen LogP contribution in [0.5, 0.6) is 23.0 Å². The number of carboxylic acids is 2. The van der Waals surface area contributed by atoms with E-state index in [1.807, 2.05) is 0 Å². The predicted octanol–water partition coefficient (Wildman–Crippen LogP) is 5.22. The van der Waals surface area contributed by atoms with Crippen molar-refractivity contribution < 1.29 is 46.8 Å². The quantitative estimate of drug-likeness (QED) is 0.321. The van der Waals surface area contributed by atoms with E-state index >= 15 is 0 Å². The number of ether oxygens (including phenoxy) is 2. The van der Waals surface area contributed by atoms with Crippen LogP contribution in [0.4, 0.5) is 17.6 Å². The monoisotopic (exact) mass is 422 g/mol. The highest BCUT2D eigenvalue weighted by molar-refractivity contribution is 5.88. The van der Waals surface area contributed by atoms with Gasteiger partial charge in [0.15, 0.2) is 0 Å². The topological polar surface area (TPSA) is 93.1 Å². The normalized spacial score (nSPS) is 10.5. The minimum Gasteiger partial charge on any atom is -0.478 e. The van der Waals surface area contributed by atoms with Crippen molar-refractivity contribution in [1.82, 2.24) is 0 Å². The van der Waals surface area contributed by atoms with Crippen LogP contribution in [0.3, 0.4) is 0 Å². The third kappa shape index (κ3) is 4.02. The summed E-state index contributed by atoms with van der Waals surface area (Å²) in [5, 5.41) is 17.7. The number of benzene rings is 3. The lowest BCUT2D eigenvalue weighted by Crippen LogP contribution is -2.04. The largest absolute Gasteiger partial charge is 0.478 e. The Labute approximate surface area is 165 Å². The maximum absolute atomic E-state index is 14.7. The Kier molecular flexibility index (Phi) is 5.58. The second-order valence-corrected chi connectivity index (χ2v) is 5.78. The van der Waals surface area contributed by atoms with E-state index in [-0.39, 0.29) is 22.6 Å². The van der Waals surface area contributed by atoms with Gasteiger partial charge in [-0.2, -0.15) is 13.2 Å². The van der Waals surface area contributed by atoms with Gasteiger partial charge in [-0.15, -0.1) is 0 Å². The van der Waals surface area contributed by atoms with Gasteiger partial charge in [0, 0.05) is 0 Å². The number of carbonyl (C=O) groups is 2. The van der Waals surface area contributed by atoms with Crippen LogP contribution in [0, 0.1) is 23.3 Å². The maximum Gasteiger partial charge on any atom is 0.335 e. The van der Waals surface area contributed by atoms with Gasteiger partial charge in [-0.3, -0.25) is 0 Å². The van der Waals surface area contributed by atoms with Crippen LogP contribution in [-0.2, 0) is 0 Å². The number of rotatable bonds is 6. The summed E-state index contributed by atoms with van der Waals surface area (Å²) in [5.74, 6) is -13.3. The van der Waals surface area contributed by atoms with E-state index in [4.69, 9.17) is 19.7 Å². The molecular weight excluding hydrogens is 412 g/mol. The van der Waals surface area contributed by atoms with Crippen molar-refractivity contribution in [2.75, 3.05) is 0 Å². The molecule has 2 N–H and O–H groups in total. The molecule has 0 aromatic heterocycles. The van der Waals surface area contributed by atoms with E-state index in [2.05, 4.69) is 0 Å². The lowest BCUT2D eigenvalue weighted by molar-refractivity contribution is 0.0686. The molecule has 10 heteroatoms. The molecular formula is C20H10F4O6. The number of carboxylic acid groups (broad SMARTS) is 2. The van der Waals surface area contributed by atoms with E-state index in [0.29, 0.717) is 0 Å². The van der Waals surface area contributed by atoms with Crippen molar-refractivity contribution in [3.8, 4) is 23.0 Å². The first-order valence-corrected chi connectivity index (χ1v) is 8.07. The van der Waals surface area contributed by atoms with Crippen molar-refractivity contribution in [2.45, 2.75) is 0 Å². The number of halogens is 4. The summed E-state index contributed by atoms with van der Waals surface area (Å²) in [6, 6.07) is 8.57. The van der Waals surface area contributed by atoms with Crippen LogP contribution in [0.1, 0.15) is 20.7 Å². The van der Waals surface area contributed by atoms with Crippen molar-refractivity contribution in [3.05, 3.63) is 82.9 Å². The van der Waals surface area contributed by atoms with Crippen molar-refractivity contribution in [2.24, 2.45) is 0 Å². The van der Waals surface area contributed by atoms with Crippen molar-refractivity contribution in [1.29, 1.82) is 0 Å². The highest BCUT2D eigenvalue weighted by Crippen LogP contribution is 2.39. The minimum absolute atomic E-state index is 0.137.